The third-order valence-electron chi connectivity index (χ3n) is 5.53. The predicted molar refractivity (Wildman–Crippen MR) is 118 cm³/mol. The Morgan fingerprint density at radius 2 is 1.93 bits per heavy atom. The van der Waals surface area contributed by atoms with Crippen molar-refractivity contribution in [1.29, 1.82) is 0 Å². The Bertz CT molecular complexity index is 866. The van der Waals surface area contributed by atoms with Crippen molar-refractivity contribution >= 4 is 23.1 Å². The van der Waals surface area contributed by atoms with Crippen LogP contribution in [0, 0.1) is 5.92 Å². The number of thiazole rings is 1. The molecule has 0 spiro atoms. The average Bonchev–Trinajstić information content (AvgIpc) is 3.38. The van der Waals surface area contributed by atoms with Crippen LogP contribution in [0.15, 0.2) is 40.9 Å². The molecule has 0 N–H and O–H groups in total. The van der Waals surface area contributed by atoms with E-state index in [2.05, 4.69) is 51.3 Å². The molecule has 0 bridgehead atoms. The summed E-state index contributed by atoms with van der Waals surface area (Å²) in [5.41, 5.74) is 2.30. The summed E-state index contributed by atoms with van der Waals surface area (Å²) in [6.07, 6.45) is 9.35. The van der Waals surface area contributed by atoms with Crippen LogP contribution in [0.2, 0.25) is 0 Å². The lowest BCUT2D eigenvalue weighted by Gasteiger charge is -2.21. The Hall–Kier alpha value is -1.66. The third kappa shape index (κ3) is 4.84. The Morgan fingerprint density at radius 1 is 1.11 bits per heavy atom. The fourth-order valence-corrected chi connectivity index (χ4v) is 5.81. The molecule has 1 fully saturated rings. The summed E-state index contributed by atoms with van der Waals surface area (Å²) in [6, 6.07) is 10.4. The first-order valence-corrected chi connectivity index (χ1v) is 12.2. The van der Waals surface area contributed by atoms with Crippen molar-refractivity contribution in [1.82, 2.24) is 19.7 Å². The minimum absolute atomic E-state index is 0.837. The number of hydrogen-bond donors (Lipinski definition) is 0. The zero-order valence-corrected chi connectivity index (χ0v) is 18.1. The van der Waals surface area contributed by atoms with Gasteiger partial charge >= 0.3 is 0 Å². The Balaban J connectivity index is 1.36. The molecule has 0 radical (unpaired) electrons. The van der Waals surface area contributed by atoms with Crippen LogP contribution in [0.1, 0.15) is 57.0 Å². The molecule has 4 rings (SSSR count). The van der Waals surface area contributed by atoms with Crippen LogP contribution in [0.3, 0.4) is 0 Å². The molecule has 1 saturated carbocycles. The van der Waals surface area contributed by atoms with Gasteiger partial charge in [-0.1, -0.05) is 74.2 Å². The minimum Gasteiger partial charge on any atom is -0.306 e. The van der Waals surface area contributed by atoms with E-state index in [9.17, 15) is 0 Å². The largest absolute Gasteiger partial charge is 0.306 e. The number of rotatable bonds is 8. The third-order valence-corrected chi connectivity index (χ3v) is 7.47. The predicted octanol–water partition coefficient (Wildman–Crippen LogP) is 6.23. The van der Waals surface area contributed by atoms with Crippen molar-refractivity contribution in [3.8, 4) is 10.6 Å². The molecule has 0 amide bonds. The first kappa shape index (κ1) is 19.6. The molecular weight excluding hydrogens is 384 g/mol. The summed E-state index contributed by atoms with van der Waals surface area (Å²) in [5, 5.41) is 13.3. The molecule has 1 aromatic carbocycles. The maximum Gasteiger partial charge on any atom is 0.191 e. The standard InChI is InChI=1S/C22H28N4S2/c1-2-26-20(14-13-17-9-5-3-6-10-17)24-25-22(26)28-16-19-15-27-21(23-19)18-11-7-4-8-12-18/h4,7-8,11-12,15,17H,2-3,5-6,9-10,13-14,16H2,1H3. The first-order valence-electron chi connectivity index (χ1n) is 10.4. The van der Waals surface area contributed by atoms with E-state index in [-0.39, 0.29) is 0 Å². The minimum atomic E-state index is 0.837. The van der Waals surface area contributed by atoms with Gasteiger partial charge in [0.05, 0.1) is 5.69 Å². The van der Waals surface area contributed by atoms with Crippen LogP contribution in [-0.4, -0.2) is 19.7 Å². The zero-order chi connectivity index (χ0) is 19.2. The second-order valence-corrected chi connectivity index (χ2v) is 9.29. The molecule has 6 heteroatoms. The van der Waals surface area contributed by atoms with Crippen molar-refractivity contribution < 1.29 is 0 Å². The molecule has 1 aliphatic carbocycles. The lowest BCUT2D eigenvalue weighted by Crippen LogP contribution is -2.10. The molecule has 0 saturated heterocycles. The highest BCUT2D eigenvalue weighted by Gasteiger charge is 2.17. The van der Waals surface area contributed by atoms with E-state index in [1.807, 2.05) is 6.07 Å². The van der Waals surface area contributed by atoms with Crippen molar-refractivity contribution in [2.24, 2.45) is 5.92 Å². The van der Waals surface area contributed by atoms with Gasteiger partial charge in [0, 0.05) is 29.7 Å². The maximum absolute atomic E-state index is 4.80. The van der Waals surface area contributed by atoms with Gasteiger partial charge in [-0.3, -0.25) is 0 Å². The van der Waals surface area contributed by atoms with E-state index in [0.29, 0.717) is 0 Å². The summed E-state index contributed by atoms with van der Waals surface area (Å²) in [7, 11) is 0. The summed E-state index contributed by atoms with van der Waals surface area (Å²) in [4.78, 5) is 4.80. The van der Waals surface area contributed by atoms with E-state index in [4.69, 9.17) is 4.98 Å². The monoisotopic (exact) mass is 412 g/mol. The molecule has 2 heterocycles. The SMILES string of the molecule is CCn1c(CCC2CCCCC2)nnc1SCc1csc(-c2ccccc2)n1. The highest BCUT2D eigenvalue weighted by molar-refractivity contribution is 7.98. The number of aromatic nitrogens is 4. The molecule has 0 aliphatic heterocycles. The summed E-state index contributed by atoms with van der Waals surface area (Å²) >= 11 is 3.46. The molecular formula is C22H28N4S2. The molecule has 28 heavy (non-hydrogen) atoms. The van der Waals surface area contributed by atoms with Crippen molar-refractivity contribution in [2.75, 3.05) is 0 Å². The van der Waals surface area contributed by atoms with Gasteiger partial charge in [-0.15, -0.1) is 21.5 Å². The van der Waals surface area contributed by atoms with E-state index in [1.165, 1.54) is 44.1 Å². The van der Waals surface area contributed by atoms with Gasteiger partial charge < -0.3 is 4.57 Å². The van der Waals surface area contributed by atoms with Crippen molar-refractivity contribution in [3.63, 3.8) is 0 Å². The van der Waals surface area contributed by atoms with Gasteiger partial charge in [-0.05, 0) is 19.3 Å². The number of thioether (sulfide) groups is 1. The maximum atomic E-state index is 4.80. The van der Waals surface area contributed by atoms with Crippen LogP contribution in [0.5, 0.6) is 0 Å². The molecule has 4 nitrogen and oxygen atoms in total. The molecule has 3 aromatic rings. The van der Waals surface area contributed by atoms with Crippen LogP contribution in [0.4, 0.5) is 0 Å². The fourth-order valence-electron chi connectivity index (χ4n) is 3.96. The zero-order valence-electron chi connectivity index (χ0n) is 16.5. The Kier molecular flexibility index (Phi) is 6.81. The lowest BCUT2D eigenvalue weighted by molar-refractivity contribution is 0.335. The normalized spacial score (nSPS) is 15.2. The first-order chi connectivity index (χ1) is 13.8. The fraction of sp³-hybridized carbons (Fsp3) is 0.500. The van der Waals surface area contributed by atoms with Gasteiger partial charge in [0.15, 0.2) is 5.16 Å². The highest BCUT2D eigenvalue weighted by Crippen LogP contribution is 2.29. The van der Waals surface area contributed by atoms with Gasteiger partial charge in [0.2, 0.25) is 0 Å². The van der Waals surface area contributed by atoms with Crippen molar-refractivity contribution in [2.45, 2.75) is 69.3 Å². The van der Waals surface area contributed by atoms with Gasteiger partial charge in [0.1, 0.15) is 10.8 Å². The molecule has 0 unspecified atom stereocenters. The van der Waals surface area contributed by atoms with E-state index in [0.717, 1.165) is 46.3 Å². The quantitative estimate of drug-likeness (QED) is 0.412. The average molecular weight is 413 g/mol. The van der Waals surface area contributed by atoms with Gasteiger partial charge in [-0.25, -0.2) is 4.98 Å². The smallest absolute Gasteiger partial charge is 0.191 e. The topological polar surface area (TPSA) is 43.6 Å². The van der Waals surface area contributed by atoms with E-state index < -0.39 is 0 Å². The van der Waals surface area contributed by atoms with Crippen LogP contribution in [-0.2, 0) is 18.7 Å². The summed E-state index contributed by atoms with van der Waals surface area (Å²) in [5.74, 6) is 2.88. The Morgan fingerprint density at radius 3 is 2.71 bits per heavy atom. The molecule has 1 aliphatic rings. The highest BCUT2D eigenvalue weighted by atomic mass is 32.2. The van der Waals surface area contributed by atoms with Crippen molar-refractivity contribution in [3.05, 3.63) is 47.2 Å². The van der Waals surface area contributed by atoms with Gasteiger partial charge in [0.25, 0.3) is 0 Å². The summed E-state index contributed by atoms with van der Waals surface area (Å²) < 4.78 is 2.29. The van der Waals surface area contributed by atoms with E-state index >= 15 is 0 Å². The van der Waals surface area contributed by atoms with E-state index in [1.54, 1.807) is 23.1 Å². The second-order valence-electron chi connectivity index (χ2n) is 7.48. The Labute approximate surface area is 175 Å². The van der Waals surface area contributed by atoms with Gasteiger partial charge in [-0.2, -0.15) is 0 Å². The molecule has 148 valence electrons. The van der Waals surface area contributed by atoms with Crippen LogP contribution in [0.25, 0.3) is 10.6 Å². The van der Waals surface area contributed by atoms with Crippen LogP contribution < -0.4 is 0 Å². The summed E-state index contributed by atoms with van der Waals surface area (Å²) in [6.45, 7) is 3.12. The molecule has 2 aromatic heterocycles. The van der Waals surface area contributed by atoms with Crippen LogP contribution >= 0.6 is 23.1 Å². The lowest BCUT2D eigenvalue weighted by atomic mass is 9.86. The number of aryl methyl sites for hydroxylation is 1. The molecule has 0 atom stereocenters. The number of benzene rings is 1. The number of hydrogen-bond acceptors (Lipinski definition) is 5. The number of nitrogens with zero attached hydrogens (tertiary/aromatic N) is 4. The second kappa shape index (κ2) is 9.70.